The first-order chi connectivity index (χ1) is 5.39. The predicted molar refractivity (Wildman–Crippen MR) is 47.5 cm³/mol. The highest BCUT2D eigenvalue weighted by Gasteiger charge is 2.30. The van der Waals surface area contributed by atoms with Crippen molar-refractivity contribution in [3.8, 4) is 0 Å². The van der Waals surface area contributed by atoms with Gasteiger partial charge in [-0.15, -0.1) is 12.4 Å². The third kappa shape index (κ3) is 3.02. The summed E-state index contributed by atoms with van der Waals surface area (Å²) < 4.78 is 36.1. The number of alkyl halides is 3. The van der Waals surface area contributed by atoms with Gasteiger partial charge in [-0.05, 0) is 18.2 Å². The lowest BCUT2D eigenvalue weighted by Crippen LogP contribution is -2.06. The van der Waals surface area contributed by atoms with Gasteiger partial charge in [0.25, 0.3) is 0 Å². The Bertz CT molecular complexity index is 278. The standard InChI is InChI=1S/C7H7F3N2.ClH/c8-7(9,10)4-1-5(11)3-6(12)2-4;/h1-3H,11-12H2;1H. The molecule has 0 saturated carbocycles. The van der Waals surface area contributed by atoms with Crippen LogP contribution in [0.25, 0.3) is 0 Å². The van der Waals surface area contributed by atoms with Crippen LogP contribution < -0.4 is 11.5 Å². The Balaban J connectivity index is 0.00000144. The molecule has 0 bridgehead atoms. The minimum Gasteiger partial charge on any atom is -0.399 e. The van der Waals surface area contributed by atoms with Crippen LogP contribution >= 0.6 is 12.4 Å². The molecule has 1 aromatic rings. The van der Waals surface area contributed by atoms with Crippen LogP contribution in [0.3, 0.4) is 0 Å². The van der Waals surface area contributed by atoms with Gasteiger partial charge in [-0.25, -0.2) is 0 Å². The summed E-state index contributed by atoms with van der Waals surface area (Å²) in [4.78, 5) is 0. The van der Waals surface area contributed by atoms with Crippen molar-refractivity contribution in [2.24, 2.45) is 0 Å². The van der Waals surface area contributed by atoms with Gasteiger partial charge in [-0.1, -0.05) is 0 Å². The Morgan fingerprint density at radius 1 is 0.923 bits per heavy atom. The molecule has 0 unspecified atom stereocenters. The SMILES string of the molecule is Cl.Nc1cc(N)cc(C(F)(F)F)c1. The zero-order chi connectivity index (χ0) is 9.35. The first-order valence-corrected chi connectivity index (χ1v) is 3.13. The third-order valence-electron chi connectivity index (χ3n) is 1.30. The molecule has 0 amide bonds. The number of nitrogen functional groups attached to an aromatic ring is 2. The molecule has 0 heterocycles. The number of rotatable bonds is 0. The highest BCUT2D eigenvalue weighted by atomic mass is 35.5. The molecule has 74 valence electrons. The van der Waals surface area contributed by atoms with Gasteiger partial charge < -0.3 is 11.5 Å². The number of benzene rings is 1. The van der Waals surface area contributed by atoms with Crippen molar-refractivity contribution in [3.05, 3.63) is 23.8 Å². The van der Waals surface area contributed by atoms with Crippen molar-refractivity contribution in [2.45, 2.75) is 6.18 Å². The van der Waals surface area contributed by atoms with Gasteiger partial charge in [0, 0.05) is 11.4 Å². The lowest BCUT2D eigenvalue weighted by Gasteiger charge is -2.07. The maximum absolute atomic E-state index is 12.0. The summed E-state index contributed by atoms with van der Waals surface area (Å²) in [6.45, 7) is 0. The molecule has 0 radical (unpaired) electrons. The molecule has 6 heteroatoms. The van der Waals surface area contributed by atoms with Crippen molar-refractivity contribution in [1.82, 2.24) is 0 Å². The van der Waals surface area contributed by atoms with E-state index >= 15 is 0 Å². The molecule has 4 N–H and O–H groups in total. The monoisotopic (exact) mass is 212 g/mol. The van der Waals surface area contributed by atoms with Gasteiger partial charge in [0.05, 0.1) is 5.56 Å². The van der Waals surface area contributed by atoms with Crippen molar-refractivity contribution >= 4 is 23.8 Å². The van der Waals surface area contributed by atoms with Crippen LogP contribution in [0, 0.1) is 0 Å². The number of hydrogen-bond acceptors (Lipinski definition) is 2. The quantitative estimate of drug-likeness (QED) is 0.649. The molecule has 0 aliphatic carbocycles. The molecule has 0 aromatic heterocycles. The number of halogens is 4. The van der Waals surface area contributed by atoms with E-state index in [4.69, 9.17) is 11.5 Å². The van der Waals surface area contributed by atoms with Crippen molar-refractivity contribution in [1.29, 1.82) is 0 Å². The highest BCUT2D eigenvalue weighted by molar-refractivity contribution is 5.85. The number of hydrogen-bond donors (Lipinski definition) is 2. The maximum Gasteiger partial charge on any atom is 0.416 e. The first-order valence-electron chi connectivity index (χ1n) is 3.13. The van der Waals surface area contributed by atoms with E-state index in [0.29, 0.717) is 0 Å². The van der Waals surface area contributed by atoms with Crippen molar-refractivity contribution < 1.29 is 13.2 Å². The van der Waals surface area contributed by atoms with Crippen molar-refractivity contribution in [2.75, 3.05) is 11.5 Å². The lowest BCUT2D eigenvalue weighted by atomic mass is 10.2. The van der Waals surface area contributed by atoms with Gasteiger partial charge >= 0.3 is 6.18 Å². The molecular weight excluding hydrogens is 205 g/mol. The largest absolute Gasteiger partial charge is 0.416 e. The number of anilines is 2. The zero-order valence-electron chi connectivity index (χ0n) is 6.43. The van der Waals surface area contributed by atoms with E-state index in [-0.39, 0.29) is 23.8 Å². The third-order valence-corrected chi connectivity index (χ3v) is 1.30. The summed E-state index contributed by atoms with van der Waals surface area (Å²) in [5, 5.41) is 0. The Labute approximate surface area is 79.1 Å². The van der Waals surface area contributed by atoms with E-state index in [1.807, 2.05) is 0 Å². The van der Waals surface area contributed by atoms with Crippen LogP contribution in [-0.2, 0) is 6.18 Å². The number of nitrogens with two attached hydrogens (primary N) is 2. The Morgan fingerprint density at radius 2 is 1.31 bits per heavy atom. The average molecular weight is 213 g/mol. The summed E-state index contributed by atoms with van der Waals surface area (Å²) in [6.07, 6.45) is -4.39. The average Bonchev–Trinajstić information content (AvgIpc) is 1.82. The molecule has 1 aromatic carbocycles. The van der Waals surface area contributed by atoms with Crippen LogP contribution in [0.2, 0.25) is 0 Å². The van der Waals surface area contributed by atoms with E-state index < -0.39 is 11.7 Å². The second kappa shape index (κ2) is 3.74. The van der Waals surface area contributed by atoms with Crippen molar-refractivity contribution in [3.63, 3.8) is 0 Å². The molecule has 0 saturated heterocycles. The summed E-state index contributed by atoms with van der Waals surface area (Å²) in [5.74, 6) is 0. The Kier molecular flexibility index (Phi) is 3.42. The van der Waals surface area contributed by atoms with Gasteiger partial charge in [-0.2, -0.15) is 13.2 Å². The fourth-order valence-corrected chi connectivity index (χ4v) is 0.840. The molecule has 0 spiro atoms. The van der Waals surface area contributed by atoms with Gasteiger partial charge in [0.15, 0.2) is 0 Å². The fraction of sp³-hybridized carbons (Fsp3) is 0.143. The van der Waals surface area contributed by atoms with Crippen LogP contribution in [0.5, 0.6) is 0 Å². The zero-order valence-corrected chi connectivity index (χ0v) is 7.25. The maximum atomic E-state index is 12.0. The first kappa shape index (κ1) is 11.9. The normalized spacial score (nSPS) is 10.7. The molecule has 0 aliphatic rings. The van der Waals surface area contributed by atoms with E-state index in [2.05, 4.69) is 0 Å². The molecule has 1 rings (SSSR count). The minimum absolute atomic E-state index is 0. The minimum atomic E-state index is -4.39. The molecule has 13 heavy (non-hydrogen) atoms. The topological polar surface area (TPSA) is 52.0 Å². The van der Waals surface area contributed by atoms with Gasteiger partial charge in [-0.3, -0.25) is 0 Å². The molecule has 0 atom stereocenters. The molecule has 2 nitrogen and oxygen atoms in total. The Hall–Kier alpha value is -1.10. The Morgan fingerprint density at radius 3 is 1.62 bits per heavy atom. The molecule has 0 fully saturated rings. The summed E-state index contributed by atoms with van der Waals surface area (Å²) in [5.41, 5.74) is 9.56. The van der Waals surface area contributed by atoms with Crippen LogP contribution in [-0.4, -0.2) is 0 Å². The fourth-order valence-electron chi connectivity index (χ4n) is 0.840. The van der Waals surface area contributed by atoms with Crippen LogP contribution in [0.15, 0.2) is 18.2 Å². The smallest absolute Gasteiger partial charge is 0.399 e. The van der Waals surface area contributed by atoms with E-state index in [9.17, 15) is 13.2 Å². The van der Waals surface area contributed by atoms with Gasteiger partial charge in [0.1, 0.15) is 0 Å². The lowest BCUT2D eigenvalue weighted by molar-refractivity contribution is -0.137. The van der Waals surface area contributed by atoms with E-state index in [1.165, 1.54) is 6.07 Å². The summed E-state index contributed by atoms with van der Waals surface area (Å²) in [7, 11) is 0. The molecular formula is C7H8ClF3N2. The second-order valence-corrected chi connectivity index (χ2v) is 2.39. The van der Waals surface area contributed by atoms with E-state index in [1.54, 1.807) is 0 Å². The summed E-state index contributed by atoms with van der Waals surface area (Å²) in [6, 6.07) is 2.96. The molecule has 0 aliphatic heterocycles. The van der Waals surface area contributed by atoms with Gasteiger partial charge in [0.2, 0.25) is 0 Å². The second-order valence-electron chi connectivity index (χ2n) is 2.39. The predicted octanol–water partition coefficient (Wildman–Crippen LogP) is 2.29. The highest BCUT2D eigenvalue weighted by Crippen LogP contribution is 2.31. The van der Waals surface area contributed by atoms with E-state index in [0.717, 1.165) is 12.1 Å². The van der Waals surface area contributed by atoms with Crippen LogP contribution in [0.4, 0.5) is 24.5 Å². The summed E-state index contributed by atoms with van der Waals surface area (Å²) >= 11 is 0. The van der Waals surface area contributed by atoms with Crippen LogP contribution in [0.1, 0.15) is 5.56 Å².